The zero-order valence-electron chi connectivity index (χ0n) is 19.3. The van der Waals surface area contributed by atoms with Crippen LogP contribution in [0.1, 0.15) is 57.8 Å². The zero-order valence-corrected chi connectivity index (χ0v) is 19.3. The van der Waals surface area contributed by atoms with Crippen LogP contribution in [0.25, 0.3) is 0 Å². The number of fused-ring (bicyclic) bond motifs is 4. The Bertz CT molecular complexity index is 834. The van der Waals surface area contributed by atoms with E-state index in [2.05, 4.69) is 42.0 Å². The predicted octanol–water partition coefficient (Wildman–Crippen LogP) is 5.24. The summed E-state index contributed by atoms with van der Waals surface area (Å²) in [5.41, 5.74) is 2.90. The average Bonchev–Trinajstić information content (AvgIpc) is 3.15. The summed E-state index contributed by atoms with van der Waals surface area (Å²) in [5.74, 6) is 2.85. The molecule has 168 valence electrons. The normalized spacial score (nSPS) is 39.7. The topological polar surface area (TPSA) is 48.4 Å². The summed E-state index contributed by atoms with van der Waals surface area (Å²) in [5, 5.41) is 15.6. The number of hydrogen-bond donors (Lipinski definition) is 2. The quantitative estimate of drug-likeness (QED) is 0.653. The summed E-state index contributed by atoms with van der Waals surface area (Å²) in [4.78, 5) is 6.63. The Morgan fingerprint density at radius 1 is 1.19 bits per heavy atom. The molecule has 1 aromatic rings. The molecule has 31 heavy (non-hydrogen) atoms. The van der Waals surface area contributed by atoms with Crippen LogP contribution in [0.5, 0.6) is 0 Å². The number of aromatic nitrogens is 1. The first-order valence-electron chi connectivity index (χ1n) is 12.4. The number of pyridine rings is 1. The third kappa shape index (κ3) is 3.87. The van der Waals surface area contributed by atoms with Gasteiger partial charge in [0.2, 0.25) is 0 Å². The van der Waals surface area contributed by atoms with E-state index < -0.39 is 5.60 Å². The van der Waals surface area contributed by atoms with Crippen molar-refractivity contribution in [1.29, 1.82) is 0 Å². The molecule has 0 radical (unpaired) electrons. The van der Waals surface area contributed by atoms with Crippen LogP contribution in [0.4, 0.5) is 5.69 Å². The van der Waals surface area contributed by atoms with Gasteiger partial charge in [0.05, 0.1) is 17.5 Å². The lowest BCUT2D eigenvalue weighted by molar-refractivity contribution is -0.0207. The highest BCUT2D eigenvalue weighted by Gasteiger charge is 2.53. The fourth-order valence-electron chi connectivity index (χ4n) is 7.52. The third-order valence-corrected chi connectivity index (χ3v) is 9.26. The highest BCUT2D eigenvalue weighted by molar-refractivity contribution is 5.46. The molecular weight excluding hydrogens is 382 g/mol. The lowest BCUT2D eigenvalue weighted by Crippen LogP contribution is -2.45. The summed E-state index contributed by atoms with van der Waals surface area (Å²) in [6, 6.07) is 4.72. The molecule has 7 atom stereocenters. The van der Waals surface area contributed by atoms with Crippen LogP contribution in [-0.2, 0) is 0 Å². The molecule has 0 aliphatic heterocycles. The molecule has 0 bridgehead atoms. The molecule has 0 aromatic carbocycles. The second kappa shape index (κ2) is 8.37. The molecule has 4 nitrogen and oxygen atoms in total. The second-order valence-electron chi connectivity index (χ2n) is 10.9. The Balaban J connectivity index is 1.32. The third-order valence-electron chi connectivity index (χ3n) is 9.26. The zero-order chi connectivity index (χ0) is 21.6. The lowest BCUT2D eigenvalue weighted by atomic mass is 9.66. The minimum atomic E-state index is -0.586. The van der Waals surface area contributed by atoms with Crippen molar-refractivity contribution >= 4 is 5.69 Å². The molecular formula is C27H39N3O. The van der Waals surface area contributed by atoms with Crippen LogP contribution in [0, 0.1) is 29.6 Å². The van der Waals surface area contributed by atoms with Crippen LogP contribution >= 0.6 is 0 Å². The molecule has 0 spiro atoms. The number of nitrogens with zero attached hydrogens (tertiary/aromatic N) is 2. The maximum absolute atomic E-state index is 12.1. The molecule has 6 unspecified atom stereocenters. The van der Waals surface area contributed by atoms with Crippen LogP contribution in [0.15, 0.2) is 48.5 Å². The standard InChI is InChI=1S/C27H39N3O/c1-18(29-22-5-4-14-28-17-22)24-10-11-26-25(24)9-7-21-15-19-6-8-23(30(2)3)16-20(19)12-13-27(21,26)31/h4-5,7,14,17,19-20,23-26,29,31H,1,6,8-13,15-16H2,2-3H3/t19?,20?,23?,24?,25?,26?,27-/m1/s1. The summed E-state index contributed by atoms with van der Waals surface area (Å²) < 4.78 is 0. The molecule has 4 aliphatic rings. The van der Waals surface area contributed by atoms with E-state index in [0.29, 0.717) is 17.8 Å². The molecule has 3 saturated carbocycles. The first kappa shape index (κ1) is 21.2. The summed E-state index contributed by atoms with van der Waals surface area (Å²) in [7, 11) is 4.46. The van der Waals surface area contributed by atoms with Gasteiger partial charge in [-0.1, -0.05) is 12.7 Å². The van der Waals surface area contributed by atoms with Crippen molar-refractivity contribution in [1.82, 2.24) is 9.88 Å². The summed E-state index contributed by atoms with van der Waals surface area (Å²) in [6.45, 7) is 4.41. The maximum Gasteiger partial charge on any atom is 0.0887 e. The van der Waals surface area contributed by atoms with Gasteiger partial charge in [-0.25, -0.2) is 0 Å². The number of aliphatic hydroxyl groups is 1. The van der Waals surface area contributed by atoms with Crippen molar-refractivity contribution < 1.29 is 5.11 Å². The van der Waals surface area contributed by atoms with Gasteiger partial charge in [0.15, 0.2) is 0 Å². The van der Waals surface area contributed by atoms with E-state index in [1.54, 1.807) is 6.20 Å². The van der Waals surface area contributed by atoms with Gasteiger partial charge in [-0.05, 0) is 113 Å². The van der Waals surface area contributed by atoms with Crippen molar-refractivity contribution in [3.8, 4) is 0 Å². The van der Waals surface area contributed by atoms with Gasteiger partial charge in [0.25, 0.3) is 0 Å². The van der Waals surface area contributed by atoms with E-state index in [-0.39, 0.29) is 0 Å². The molecule has 0 amide bonds. The molecule has 5 rings (SSSR count). The van der Waals surface area contributed by atoms with E-state index >= 15 is 0 Å². The Kier molecular flexibility index (Phi) is 5.72. The average molecular weight is 422 g/mol. The number of anilines is 1. The van der Waals surface area contributed by atoms with Crippen LogP contribution in [0.2, 0.25) is 0 Å². The van der Waals surface area contributed by atoms with Crippen molar-refractivity contribution in [2.75, 3.05) is 19.4 Å². The van der Waals surface area contributed by atoms with Crippen LogP contribution in [0.3, 0.4) is 0 Å². The minimum Gasteiger partial charge on any atom is -0.385 e. The fraction of sp³-hybridized carbons (Fsp3) is 0.667. The van der Waals surface area contributed by atoms with Crippen molar-refractivity contribution in [3.05, 3.63) is 48.5 Å². The van der Waals surface area contributed by atoms with E-state index in [0.717, 1.165) is 61.4 Å². The van der Waals surface area contributed by atoms with E-state index in [4.69, 9.17) is 0 Å². The Labute approximate surface area is 187 Å². The van der Waals surface area contributed by atoms with Gasteiger partial charge >= 0.3 is 0 Å². The van der Waals surface area contributed by atoms with Gasteiger partial charge in [0, 0.05) is 23.9 Å². The van der Waals surface area contributed by atoms with Gasteiger partial charge < -0.3 is 15.3 Å². The fourth-order valence-corrected chi connectivity index (χ4v) is 7.52. The SMILES string of the molecule is C=C(Nc1cccnc1)C1CCC2C1CC=C1CC3CCC(N(C)C)CC3CC[C@@]12O. The molecule has 4 heteroatoms. The van der Waals surface area contributed by atoms with E-state index in [9.17, 15) is 5.11 Å². The predicted molar refractivity (Wildman–Crippen MR) is 127 cm³/mol. The number of rotatable bonds is 4. The molecule has 2 N–H and O–H groups in total. The Morgan fingerprint density at radius 2 is 2.06 bits per heavy atom. The Hall–Kier alpha value is -1.65. The van der Waals surface area contributed by atoms with Gasteiger partial charge in [-0.2, -0.15) is 0 Å². The maximum atomic E-state index is 12.1. The summed E-state index contributed by atoms with van der Waals surface area (Å²) >= 11 is 0. The van der Waals surface area contributed by atoms with Crippen molar-refractivity contribution in [2.24, 2.45) is 29.6 Å². The largest absolute Gasteiger partial charge is 0.385 e. The van der Waals surface area contributed by atoms with Gasteiger partial charge in [-0.15, -0.1) is 0 Å². The second-order valence-corrected chi connectivity index (χ2v) is 10.9. The van der Waals surface area contributed by atoms with Crippen LogP contribution < -0.4 is 5.32 Å². The van der Waals surface area contributed by atoms with Gasteiger partial charge in [-0.3, -0.25) is 4.98 Å². The first-order valence-corrected chi connectivity index (χ1v) is 12.4. The van der Waals surface area contributed by atoms with Gasteiger partial charge in [0.1, 0.15) is 0 Å². The molecule has 1 aromatic heterocycles. The number of hydrogen-bond acceptors (Lipinski definition) is 4. The van der Waals surface area contributed by atoms with Crippen molar-refractivity contribution in [3.63, 3.8) is 0 Å². The van der Waals surface area contributed by atoms with Crippen LogP contribution in [-0.4, -0.2) is 40.7 Å². The molecule has 0 saturated heterocycles. The van der Waals surface area contributed by atoms with E-state index in [1.165, 1.54) is 31.3 Å². The highest BCUT2D eigenvalue weighted by atomic mass is 16.3. The lowest BCUT2D eigenvalue weighted by Gasteiger charge is -2.44. The highest BCUT2D eigenvalue weighted by Crippen LogP contribution is 2.57. The first-order chi connectivity index (χ1) is 15.0. The monoisotopic (exact) mass is 421 g/mol. The minimum absolute atomic E-state index is 0.384. The summed E-state index contributed by atoms with van der Waals surface area (Å²) in [6.07, 6.45) is 16.7. The smallest absolute Gasteiger partial charge is 0.0887 e. The van der Waals surface area contributed by atoms with E-state index in [1.807, 2.05) is 18.3 Å². The molecule has 1 heterocycles. The van der Waals surface area contributed by atoms with Crippen molar-refractivity contribution in [2.45, 2.75) is 69.4 Å². The molecule has 4 aliphatic carbocycles. The number of allylic oxidation sites excluding steroid dienone is 2. The Morgan fingerprint density at radius 3 is 2.84 bits per heavy atom. The molecule has 3 fully saturated rings. The number of nitrogens with one attached hydrogen (secondary N) is 1.